The summed E-state index contributed by atoms with van der Waals surface area (Å²) in [5.41, 5.74) is 2.30. The summed E-state index contributed by atoms with van der Waals surface area (Å²) in [7, 11) is 0. The number of aryl methyl sites for hydroxylation is 1. The summed E-state index contributed by atoms with van der Waals surface area (Å²) in [6, 6.07) is 24.2. The van der Waals surface area contributed by atoms with Gasteiger partial charge >= 0.3 is 0 Å². The minimum Gasteiger partial charge on any atom is -0.348 e. The van der Waals surface area contributed by atoms with Crippen molar-refractivity contribution < 1.29 is 9.59 Å². The van der Waals surface area contributed by atoms with E-state index < -0.39 is 0 Å². The van der Waals surface area contributed by atoms with Gasteiger partial charge in [0.2, 0.25) is 5.91 Å². The van der Waals surface area contributed by atoms with Gasteiger partial charge in [0.15, 0.2) is 0 Å². The van der Waals surface area contributed by atoms with Crippen molar-refractivity contribution in [2.24, 2.45) is 0 Å². The normalized spacial score (nSPS) is 15.3. The van der Waals surface area contributed by atoms with E-state index in [1.165, 1.54) is 16.9 Å². The largest absolute Gasteiger partial charge is 0.348 e. The Morgan fingerprint density at radius 2 is 1.56 bits per heavy atom. The summed E-state index contributed by atoms with van der Waals surface area (Å²) in [6.45, 7) is 5.07. The molecule has 1 atom stereocenters. The molecule has 3 aromatic rings. The van der Waals surface area contributed by atoms with Crippen molar-refractivity contribution in [2.45, 2.75) is 19.4 Å². The third-order valence-electron chi connectivity index (χ3n) is 5.80. The molecule has 5 nitrogen and oxygen atoms in total. The van der Waals surface area contributed by atoms with Gasteiger partial charge in [-0.15, -0.1) is 11.3 Å². The second-order valence-electron chi connectivity index (χ2n) is 8.20. The average molecular weight is 448 g/mol. The predicted molar refractivity (Wildman–Crippen MR) is 129 cm³/mol. The van der Waals surface area contributed by atoms with Crippen LogP contribution in [0.25, 0.3) is 0 Å². The van der Waals surface area contributed by atoms with E-state index in [9.17, 15) is 9.59 Å². The molecule has 166 valence electrons. The van der Waals surface area contributed by atoms with E-state index in [1.54, 1.807) is 0 Å². The highest BCUT2D eigenvalue weighted by Crippen LogP contribution is 2.20. The fourth-order valence-electron chi connectivity index (χ4n) is 4.04. The number of nitrogens with zero attached hydrogens (tertiary/aromatic N) is 2. The lowest BCUT2D eigenvalue weighted by molar-refractivity contribution is -0.123. The van der Waals surface area contributed by atoms with Crippen LogP contribution in [0.1, 0.15) is 31.7 Å². The molecule has 0 spiro atoms. The van der Waals surface area contributed by atoms with Crippen molar-refractivity contribution in [2.75, 3.05) is 32.7 Å². The summed E-state index contributed by atoms with van der Waals surface area (Å²) < 4.78 is 0. The number of benzene rings is 2. The number of thiophene rings is 1. The fraction of sp³-hybridized carbons (Fsp3) is 0.308. The van der Waals surface area contributed by atoms with Crippen LogP contribution in [0.5, 0.6) is 0 Å². The highest BCUT2D eigenvalue weighted by molar-refractivity contribution is 7.13. The Labute approximate surface area is 193 Å². The number of rotatable bonds is 7. The maximum Gasteiger partial charge on any atom is 0.264 e. The van der Waals surface area contributed by atoms with E-state index in [0.717, 1.165) is 21.7 Å². The quantitative estimate of drug-likeness (QED) is 0.597. The van der Waals surface area contributed by atoms with E-state index in [4.69, 9.17) is 0 Å². The number of amides is 2. The zero-order valence-electron chi connectivity index (χ0n) is 18.4. The molecule has 0 radical (unpaired) electrons. The Balaban J connectivity index is 1.32. The molecule has 1 fully saturated rings. The Hall–Kier alpha value is -2.96. The molecule has 4 rings (SSSR count). The summed E-state index contributed by atoms with van der Waals surface area (Å²) in [5.74, 6) is 0.114. The van der Waals surface area contributed by atoms with Gasteiger partial charge in [-0.3, -0.25) is 14.5 Å². The molecule has 1 aliphatic heterocycles. The van der Waals surface area contributed by atoms with Gasteiger partial charge in [0.05, 0.1) is 17.5 Å². The Morgan fingerprint density at radius 3 is 2.19 bits per heavy atom. The molecular formula is C26H29N3O2S. The first kappa shape index (κ1) is 22.2. The Bertz CT molecular complexity index is 1030. The van der Waals surface area contributed by atoms with Gasteiger partial charge in [-0.05, 0) is 36.6 Å². The van der Waals surface area contributed by atoms with Gasteiger partial charge in [-0.2, -0.15) is 0 Å². The lowest BCUT2D eigenvalue weighted by atomic mass is 9.99. The fourth-order valence-corrected chi connectivity index (χ4v) is 4.88. The third kappa shape index (κ3) is 5.84. The van der Waals surface area contributed by atoms with E-state index in [0.29, 0.717) is 32.7 Å². The topological polar surface area (TPSA) is 52.7 Å². The van der Waals surface area contributed by atoms with Crippen LogP contribution in [0, 0.1) is 6.92 Å². The van der Waals surface area contributed by atoms with Crippen LogP contribution in [-0.4, -0.2) is 54.3 Å². The molecular weight excluding hydrogens is 418 g/mol. The van der Waals surface area contributed by atoms with Gasteiger partial charge in [-0.1, -0.05) is 60.7 Å². The van der Waals surface area contributed by atoms with Crippen molar-refractivity contribution in [3.63, 3.8) is 0 Å². The molecule has 1 aliphatic rings. The monoisotopic (exact) mass is 447 g/mol. The number of hydrogen-bond acceptors (Lipinski definition) is 4. The molecule has 1 saturated heterocycles. The zero-order valence-corrected chi connectivity index (χ0v) is 19.2. The molecule has 2 heterocycles. The Morgan fingerprint density at radius 1 is 0.906 bits per heavy atom. The maximum absolute atomic E-state index is 12.9. The van der Waals surface area contributed by atoms with Crippen molar-refractivity contribution in [1.82, 2.24) is 15.1 Å². The molecule has 1 unspecified atom stereocenters. The number of nitrogens with one attached hydrogen (secondary N) is 1. The van der Waals surface area contributed by atoms with Gasteiger partial charge in [0, 0.05) is 31.1 Å². The standard InChI is InChI=1S/C26H29N3O2S/c1-20-12-13-24(32-20)26(31)29-16-14-28(15-17-29)19-25(30)27-23(22-10-6-3-7-11-22)18-21-8-4-2-5-9-21/h2-13,23H,14-19H2,1H3,(H,27,30). The minimum atomic E-state index is -0.0731. The lowest BCUT2D eigenvalue weighted by Crippen LogP contribution is -2.51. The number of hydrogen-bond donors (Lipinski definition) is 1. The Kier molecular flexibility index (Phi) is 7.35. The van der Waals surface area contributed by atoms with Crippen molar-refractivity contribution in [3.05, 3.63) is 93.7 Å². The lowest BCUT2D eigenvalue weighted by Gasteiger charge is -2.34. The molecule has 2 amide bonds. The van der Waals surface area contributed by atoms with Crippen molar-refractivity contribution in [3.8, 4) is 0 Å². The summed E-state index contributed by atoms with van der Waals surface area (Å²) in [5, 5.41) is 3.23. The van der Waals surface area contributed by atoms with Gasteiger partial charge in [0.1, 0.15) is 0 Å². The van der Waals surface area contributed by atoms with Gasteiger partial charge < -0.3 is 10.2 Å². The van der Waals surface area contributed by atoms with Crippen molar-refractivity contribution >= 4 is 23.2 Å². The SMILES string of the molecule is Cc1ccc(C(=O)N2CCN(CC(=O)NC(Cc3ccccc3)c3ccccc3)CC2)s1. The second-order valence-corrected chi connectivity index (χ2v) is 9.49. The molecule has 0 bridgehead atoms. The molecule has 1 N–H and O–H groups in total. The van der Waals surface area contributed by atoms with Crippen molar-refractivity contribution in [1.29, 1.82) is 0 Å². The van der Waals surface area contributed by atoms with E-state index in [2.05, 4.69) is 34.5 Å². The van der Waals surface area contributed by atoms with Crippen LogP contribution < -0.4 is 5.32 Å². The van der Waals surface area contributed by atoms with Crippen LogP contribution in [0.4, 0.5) is 0 Å². The second kappa shape index (κ2) is 10.6. The third-order valence-corrected chi connectivity index (χ3v) is 6.79. The molecule has 2 aromatic carbocycles. The molecule has 0 aliphatic carbocycles. The maximum atomic E-state index is 12.9. The molecule has 1 aromatic heterocycles. The minimum absolute atomic E-state index is 0.0171. The number of piperazine rings is 1. The smallest absolute Gasteiger partial charge is 0.264 e. The van der Waals surface area contributed by atoms with E-state index >= 15 is 0 Å². The van der Waals surface area contributed by atoms with Crippen LogP contribution in [0.15, 0.2) is 72.8 Å². The average Bonchev–Trinajstić information content (AvgIpc) is 3.26. The van der Waals surface area contributed by atoms with Crippen LogP contribution in [0.3, 0.4) is 0 Å². The molecule has 6 heteroatoms. The van der Waals surface area contributed by atoms with Gasteiger partial charge in [-0.25, -0.2) is 0 Å². The number of carbonyl (C=O) groups excluding carboxylic acids is 2. The zero-order chi connectivity index (χ0) is 22.3. The highest BCUT2D eigenvalue weighted by atomic mass is 32.1. The number of carbonyl (C=O) groups is 2. The van der Waals surface area contributed by atoms with Crippen LogP contribution in [-0.2, 0) is 11.2 Å². The van der Waals surface area contributed by atoms with Crippen LogP contribution in [0.2, 0.25) is 0 Å². The molecule has 0 saturated carbocycles. The highest BCUT2D eigenvalue weighted by Gasteiger charge is 2.25. The molecule has 32 heavy (non-hydrogen) atoms. The van der Waals surface area contributed by atoms with Gasteiger partial charge in [0.25, 0.3) is 5.91 Å². The van der Waals surface area contributed by atoms with Crippen LogP contribution >= 0.6 is 11.3 Å². The predicted octanol–water partition coefficient (Wildman–Crippen LogP) is 3.91. The first-order chi connectivity index (χ1) is 15.6. The summed E-state index contributed by atoms with van der Waals surface area (Å²) in [6.07, 6.45) is 0.749. The first-order valence-electron chi connectivity index (χ1n) is 11.0. The first-order valence-corrected chi connectivity index (χ1v) is 11.9. The van der Waals surface area contributed by atoms with E-state index in [1.807, 2.05) is 60.4 Å². The summed E-state index contributed by atoms with van der Waals surface area (Å²) >= 11 is 1.54. The van der Waals surface area contributed by atoms with E-state index in [-0.39, 0.29) is 17.9 Å². The summed E-state index contributed by atoms with van der Waals surface area (Å²) in [4.78, 5) is 31.5.